The van der Waals surface area contributed by atoms with E-state index in [0.717, 1.165) is 16.5 Å². The molecule has 3 heterocycles. The zero-order valence-electron chi connectivity index (χ0n) is 8.88. The lowest BCUT2D eigenvalue weighted by Crippen LogP contribution is -2.17. The summed E-state index contributed by atoms with van der Waals surface area (Å²) in [7, 11) is 0. The van der Waals surface area contributed by atoms with Crippen LogP contribution in [0.1, 0.15) is 5.69 Å². The third-order valence-corrected chi connectivity index (χ3v) is 4.21. The molecule has 0 saturated carbocycles. The van der Waals surface area contributed by atoms with Gasteiger partial charge in [-0.15, -0.1) is 11.3 Å². The van der Waals surface area contributed by atoms with Crippen LogP contribution in [0.25, 0.3) is 16.8 Å². The second kappa shape index (κ2) is 4.68. The molecule has 0 atom stereocenters. The lowest BCUT2D eigenvalue weighted by molar-refractivity contribution is -0.115. The number of thiazole rings is 1. The Morgan fingerprint density at radius 1 is 1.50 bits per heavy atom. The van der Waals surface area contributed by atoms with Crippen molar-refractivity contribution in [2.24, 2.45) is 0 Å². The van der Waals surface area contributed by atoms with Crippen LogP contribution in [0.2, 0.25) is 0 Å². The van der Waals surface area contributed by atoms with Crippen LogP contribution in [0, 0.1) is 0 Å². The van der Waals surface area contributed by atoms with Crippen LogP contribution < -0.4 is 5.32 Å². The number of carbonyl (C=O) groups is 1. The van der Waals surface area contributed by atoms with Crippen LogP contribution in [-0.2, 0) is 4.79 Å². The third-order valence-electron chi connectivity index (χ3n) is 2.17. The monoisotopic (exact) mass is 294 g/mol. The maximum Gasteiger partial charge on any atom is 0.263 e. The summed E-state index contributed by atoms with van der Waals surface area (Å²) in [5, 5.41) is 5.23. The number of hydrogen-bond acceptors (Lipinski definition) is 6. The molecule has 4 nitrogen and oxygen atoms in total. The summed E-state index contributed by atoms with van der Waals surface area (Å²) in [6.07, 6.45) is 3.33. The van der Waals surface area contributed by atoms with Gasteiger partial charge in [-0.25, -0.2) is 4.98 Å². The van der Waals surface area contributed by atoms with Crippen LogP contribution in [0.5, 0.6) is 0 Å². The standard InChI is InChI=1S/C11H6N2O2S3/c14-9-8(18-11(16)13-9)4-6-5-17-10(12-6)7-2-1-3-15-7/h1-5H,(H,13,14,16)/b8-4+. The van der Waals surface area contributed by atoms with Gasteiger partial charge >= 0.3 is 0 Å². The Morgan fingerprint density at radius 2 is 2.39 bits per heavy atom. The molecule has 1 amide bonds. The number of aromatic nitrogens is 1. The molecule has 1 N–H and O–H groups in total. The SMILES string of the molecule is O=C1NC(=S)S/C1=C/c1csc(-c2ccco2)n1. The molecule has 90 valence electrons. The summed E-state index contributed by atoms with van der Waals surface area (Å²) in [4.78, 5) is 16.4. The molecule has 1 saturated heterocycles. The van der Waals surface area contributed by atoms with Crippen molar-refractivity contribution in [2.75, 3.05) is 0 Å². The van der Waals surface area contributed by atoms with Crippen molar-refractivity contribution >= 4 is 51.6 Å². The van der Waals surface area contributed by atoms with Gasteiger partial charge < -0.3 is 9.73 Å². The van der Waals surface area contributed by atoms with Gasteiger partial charge in [0.2, 0.25) is 0 Å². The average Bonchev–Trinajstić information content (AvgIpc) is 3.02. The quantitative estimate of drug-likeness (QED) is 0.682. The Balaban J connectivity index is 1.88. The fraction of sp³-hybridized carbons (Fsp3) is 0. The van der Waals surface area contributed by atoms with Crippen LogP contribution in [0.15, 0.2) is 33.1 Å². The molecular formula is C11H6N2O2S3. The molecule has 2 aromatic rings. The van der Waals surface area contributed by atoms with E-state index in [4.69, 9.17) is 16.6 Å². The molecule has 0 radical (unpaired) electrons. The van der Waals surface area contributed by atoms with Gasteiger partial charge in [-0.2, -0.15) is 0 Å². The average molecular weight is 294 g/mol. The Morgan fingerprint density at radius 3 is 3.06 bits per heavy atom. The minimum atomic E-state index is -0.169. The maximum atomic E-state index is 11.5. The number of thioether (sulfide) groups is 1. The molecule has 3 rings (SSSR count). The first-order valence-electron chi connectivity index (χ1n) is 4.96. The van der Waals surface area contributed by atoms with Crippen molar-refractivity contribution in [3.8, 4) is 10.8 Å². The van der Waals surface area contributed by atoms with Gasteiger partial charge in [-0.1, -0.05) is 24.0 Å². The molecule has 1 fully saturated rings. The Hall–Kier alpha value is -1.44. The molecular weight excluding hydrogens is 288 g/mol. The molecule has 7 heteroatoms. The van der Waals surface area contributed by atoms with E-state index in [-0.39, 0.29) is 5.91 Å². The third kappa shape index (κ3) is 2.24. The number of amides is 1. The van der Waals surface area contributed by atoms with Crippen molar-refractivity contribution in [1.29, 1.82) is 0 Å². The first-order valence-corrected chi connectivity index (χ1v) is 7.07. The van der Waals surface area contributed by atoms with Gasteiger partial charge in [0.15, 0.2) is 10.8 Å². The van der Waals surface area contributed by atoms with Crippen LogP contribution in [-0.4, -0.2) is 15.2 Å². The van der Waals surface area contributed by atoms with Gasteiger partial charge in [-0.3, -0.25) is 4.79 Å². The van der Waals surface area contributed by atoms with E-state index in [1.807, 2.05) is 17.5 Å². The van der Waals surface area contributed by atoms with E-state index in [1.54, 1.807) is 12.3 Å². The summed E-state index contributed by atoms with van der Waals surface area (Å²) < 4.78 is 5.74. The number of rotatable bonds is 2. The number of thiocarbonyl (C=S) groups is 1. The van der Waals surface area contributed by atoms with Crippen molar-refractivity contribution in [3.05, 3.63) is 34.4 Å². The van der Waals surface area contributed by atoms with Gasteiger partial charge in [0.25, 0.3) is 5.91 Å². The van der Waals surface area contributed by atoms with E-state index < -0.39 is 0 Å². The van der Waals surface area contributed by atoms with Crippen molar-refractivity contribution in [2.45, 2.75) is 0 Å². The molecule has 0 unspecified atom stereocenters. The predicted molar refractivity (Wildman–Crippen MR) is 76.1 cm³/mol. The van der Waals surface area contributed by atoms with Crippen LogP contribution >= 0.6 is 35.3 Å². The molecule has 0 bridgehead atoms. The lowest BCUT2D eigenvalue weighted by Gasteiger charge is -1.89. The predicted octanol–water partition coefficient (Wildman–Crippen LogP) is 2.89. The topological polar surface area (TPSA) is 55.1 Å². The van der Waals surface area contributed by atoms with E-state index in [2.05, 4.69) is 10.3 Å². The summed E-state index contributed by atoms with van der Waals surface area (Å²) >= 11 is 7.63. The van der Waals surface area contributed by atoms with Gasteiger partial charge in [-0.05, 0) is 18.2 Å². The van der Waals surface area contributed by atoms with Crippen molar-refractivity contribution in [1.82, 2.24) is 10.3 Å². The highest BCUT2D eigenvalue weighted by Gasteiger charge is 2.22. The zero-order valence-corrected chi connectivity index (χ0v) is 11.3. The zero-order chi connectivity index (χ0) is 12.5. The maximum absolute atomic E-state index is 11.5. The second-order valence-corrected chi connectivity index (χ2v) is 5.98. The molecule has 0 spiro atoms. The van der Waals surface area contributed by atoms with Gasteiger partial charge in [0.05, 0.1) is 16.9 Å². The first kappa shape index (κ1) is 11.6. The molecule has 1 aliphatic heterocycles. The fourth-order valence-electron chi connectivity index (χ4n) is 1.42. The lowest BCUT2D eigenvalue weighted by atomic mass is 10.4. The highest BCUT2D eigenvalue weighted by molar-refractivity contribution is 8.26. The van der Waals surface area contributed by atoms with E-state index in [1.165, 1.54) is 23.1 Å². The van der Waals surface area contributed by atoms with E-state index in [9.17, 15) is 4.79 Å². The van der Waals surface area contributed by atoms with Gasteiger partial charge in [0, 0.05) is 5.38 Å². The molecule has 0 aliphatic carbocycles. The normalized spacial score (nSPS) is 17.4. The smallest absolute Gasteiger partial charge is 0.263 e. The largest absolute Gasteiger partial charge is 0.462 e. The van der Waals surface area contributed by atoms with Crippen LogP contribution in [0.4, 0.5) is 0 Å². The minimum Gasteiger partial charge on any atom is -0.462 e. The van der Waals surface area contributed by atoms with Crippen molar-refractivity contribution < 1.29 is 9.21 Å². The molecule has 18 heavy (non-hydrogen) atoms. The number of carbonyl (C=O) groups excluding carboxylic acids is 1. The number of nitrogens with one attached hydrogen (secondary N) is 1. The van der Waals surface area contributed by atoms with E-state index in [0.29, 0.717) is 9.23 Å². The Labute approximate surface area is 116 Å². The Bertz CT molecular complexity index is 643. The second-order valence-electron chi connectivity index (χ2n) is 3.41. The van der Waals surface area contributed by atoms with Crippen molar-refractivity contribution in [3.63, 3.8) is 0 Å². The van der Waals surface area contributed by atoms with E-state index >= 15 is 0 Å². The number of furan rings is 1. The molecule has 2 aromatic heterocycles. The number of hydrogen-bond donors (Lipinski definition) is 1. The highest BCUT2D eigenvalue weighted by Crippen LogP contribution is 2.28. The summed E-state index contributed by atoms with van der Waals surface area (Å²) in [5.74, 6) is 0.557. The molecule has 0 aromatic carbocycles. The van der Waals surface area contributed by atoms with Crippen LogP contribution in [0.3, 0.4) is 0 Å². The number of nitrogens with zero attached hydrogens (tertiary/aromatic N) is 1. The first-order chi connectivity index (χ1) is 8.72. The van der Waals surface area contributed by atoms with Gasteiger partial charge in [0.1, 0.15) is 4.32 Å². The highest BCUT2D eigenvalue weighted by atomic mass is 32.2. The summed E-state index contributed by atoms with van der Waals surface area (Å²) in [5.41, 5.74) is 0.730. The fourth-order valence-corrected chi connectivity index (χ4v) is 3.19. The summed E-state index contributed by atoms with van der Waals surface area (Å²) in [6.45, 7) is 0. The minimum absolute atomic E-state index is 0.169. The molecule has 1 aliphatic rings. The summed E-state index contributed by atoms with van der Waals surface area (Å²) in [6, 6.07) is 3.66. The Kier molecular flexibility index (Phi) is 3.02.